The Kier molecular flexibility index (Phi) is 8.05. The Morgan fingerprint density at radius 1 is 0.800 bits per heavy atom. The molecule has 0 bridgehead atoms. The highest BCUT2D eigenvalue weighted by atomic mass is 80.0. The Bertz CT molecular complexity index is 60.2. The average molecular weight is 405 g/mol. The molecule has 0 N–H and O–H groups in total. The normalized spacial score (nSPS) is 12.0. The molecular formula is C4H12BBr4N. The third-order valence-corrected chi connectivity index (χ3v) is 0. The van der Waals surface area contributed by atoms with Crippen LogP contribution in [0.1, 0.15) is 0 Å². The highest BCUT2D eigenvalue weighted by molar-refractivity contribution is 9.90. The van der Waals surface area contributed by atoms with Gasteiger partial charge in [-0.3, -0.25) is 0 Å². The van der Waals surface area contributed by atoms with Gasteiger partial charge in [0, 0.05) is 0 Å². The van der Waals surface area contributed by atoms with Gasteiger partial charge in [0.05, 0.1) is 28.2 Å². The fraction of sp³-hybridized carbons (Fsp3) is 1.00. The fourth-order valence-electron chi connectivity index (χ4n) is 0. The molecule has 10 heavy (non-hydrogen) atoms. The van der Waals surface area contributed by atoms with Crippen molar-refractivity contribution in [1.29, 1.82) is 0 Å². The van der Waals surface area contributed by atoms with Crippen LogP contribution in [-0.4, -0.2) is 34.1 Å². The molecule has 0 heterocycles. The van der Waals surface area contributed by atoms with Crippen LogP contribution in [0.15, 0.2) is 0 Å². The van der Waals surface area contributed by atoms with Crippen molar-refractivity contribution in [1.82, 2.24) is 0 Å². The molecule has 1 nitrogen and oxygen atoms in total. The van der Waals surface area contributed by atoms with Gasteiger partial charge in [0.2, 0.25) is 1.44 Å². The molecule has 0 fully saturated rings. The van der Waals surface area contributed by atoms with Gasteiger partial charge in [0.15, 0.2) is 0 Å². The molecule has 0 aromatic carbocycles. The van der Waals surface area contributed by atoms with Crippen molar-refractivity contribution in [3.8, 4) is 0 Å². The molecule has 0 saturated carbocycles. The zero-order valence-corrected chi connectivity index (χ0v) is 12.9. The second kappa shape index (κ2) is 5.57. The monoisotopic (exact) mass is 401 g/mol. The van der Waals surface area contributed by atoms with Crippen LogP contribution in [0.5, 0.6) is 0 Å². The van der Waals surface area contributed by atoms with Gasteiger partial charge in [0.1, 0.15) is 0 Å². The van der Waals surface area contributed by atoms with Crippen LogP contribution in [0.3, 0.4) is 0 Å². The van der Waals surface area contributed by atoms with Crippen molar-refractivity contribution >= 4 is 64.5 Å². The van der Waals surface area contributed by atoms with E-state index in [9.17, 15) is 0 Å². The topological polar surface area (TPSA) is 0 Å². The Balaban J connectivity index is 0. The summed E-state index contributed by atoms with van der Waals surface area (Å²) in [7, 11) is 8.50. The van der Waals surface area contributed by atoms with E-state index in [0.717, 1.165) is 4.48 Å². The third kappa shape index (κ3) is 210. The number of hydrogen-bond acceptors (Lipinski definition) is 0. The lowest BCUT2D eigenvalue weighted by molar-refractivity contribution is -0.849. The molecule has 0 saturated heterocycles. The molecule has 0 rings (SSSR count). The van der Waals surface area contributed by atoms with Crippen molar-refractivity contribution in [3.63, 3.8) is 0 Å². The Hall–Kier alpha value is 1.94. The number of quaternary nitrogens is 1. The number of rotatable bonds is 0. The average Bonchev–Trinajstić information content (AvgIpc) is 1.12. The van der Waals surface area contributed by atoms with Crippen LogP contribution >= 0.6 is 63.0 Å². The van der Waals surface area contributed by atoms with E-state index in [1.165, 1.54) is 0 Å². The van der Waals surface area contributed by atoms with Crippen molar-refractivity contribution < 1.29 is 4.48 Å². The maximum Gasteiger partial charge on any atom is 0.246 e. The quantitative estimate of drug-likeness (QED) is 0.429. The lowest BCUT2D eigenvalue weighted by atomic mass is 10.8. The van der Waals surface area contributed by atoms with Gasteiger partial charge in [-0.1, -0.05) is 0 Å². The highest BCUT2D eigenvalue weighted by Crippen LogP contribution is 2.33. The van der Waals surface area contributed by atoms with E-state index in [1.807, 2.05) is 0 Å². The summed E-state index contributed by atoms with van der Waals surface area (Å²) in [5.74, 6) is 0. The summed E-state index contributed by atoms with van der Waals surface area (Å²) in [5, 5.41) is 0. The Labute approximate surface area is 96.3 Å². The van der Waals surface area contributed by atoms with Crippen molar-refractivity contribution in [3.05, 3.63) is 0 Å². The molecule has 0 radical (unpaired) electrons. The summed E-state index contributed by atoms with van der Waals surface area (Å²) in [5.41, 5.74) is 0. The first-order valence-corrected chi connectivity index (χ1v) is 6.32. The molecule has 0 spiro atoms. The van der Waals surface area contributed by atoms with E-state index >= 15 is 0 Å². The minimum atomic E-state index is -0.750. The van der Waals surface area contributed by atoms with Crippen LogP contribution in [0.25, 0.3) is 0 Å². The summed E-state index contributed by atoms with van der Waals surface area (Å²) in [6.07, 6.45) is 0. The van der Waals surface area contributed by atoms with E-state index in [2.05, 4.69) is 91.2 Å². The zero-order chi connectivity index (χ0) is 9.00. The van der Waals surface area contributed by atoms with Gasteiger partial charge in [-0.2, -0.15) is 0 Å². The first-order valence-electron chi connectivity index (χ1n) is 2.66. The third-order valence-electron chi connectivity index (χ3n) is 0. The molecular weight excluding hydrogens is 392 g/mol. The summed E-state index contributed by atoms with van der Waals surface area (Å²) >= 11 is 12.8. The maximum atomic E-state index is 3.19. The van der Waals surface area contributed by atoms with Gasteiger partial charge < -0.3 is 67.5 Å². The van der Waals surface area contributed by atoms with Crippen LogP contribution in [0.4, 0.5) is 0 Å². The maximum absolute atomic E-state index is 3.19. The Morgan fingerprint density at radius 2 is 0.800 bits per heavy atom. The molecule has 0 atom stereocenters. The molecule has 6 heteroatoms. The minimum Gasteiger partial charge on any atom is -0.333 e. The van der Waals surface area contributed by atoms with E-state index in [-0.39, 0.29) is 0 Å². The highest BCUT2D eigenvalue weighted by Gasteiger charge is 1.99. The van der Waals surface area contributed by atoms with Gasteiger partial charge in [-0.05, 0) is 0 Å². The molecule has 0 aromatic heterocycles. The lowest BCUT2D eigenvalue weighted by Gasteiger charge is -2.14. The summed E-state index contributed by atoms with van der Waals surface area (Å²) in [6, 6.07) is 0. The standard InChI is InChI=1S/C4H12N.BBr4/c1-5(2,3)4;2-1(3,4)5/h1-4H3;/q+1;-1. The van der Waals surface area contributed by atoms with Crippen LogP contribution in [-0.2, 0) is 0 Å². The Morgan fingerprint density at radius 3 is 0.800 bits per heavy atom. The van der Waals surface area contributed by atoms with Crippen molar-refractivity contribution in [2.45, 2.75) is 0 Å². The predicted octanol–water partition coefficient (Wildman–Crippen LogP) is 3.32. The summed E-state index contributed by atoms with van der Waals surface area (Å²) < 4.78 is 0.250. The van der Waals surface area contributed by atoms with Gasteiger partial charge in [-0.15, -0.1) is 0 Å². The van der Waals surface area contributed by atoms with E-state index in [1.54, 1.807) is 0 Å². The molecule has 0 unspecified atom stereocenters. The largest absolute Gasteiger partial charge is 0.333 e. The van der Waals surface area contributed by atoms with E-state index in [0.29, 0.717) is 0 Å². The minimum absolute atomic E-state index is 0.750. The van der Waals surface area contributed by atoms with Gasteiger partial charge >= 0.3 is 0 Å². The lowest BCUT2D eigenvalue weighted by Crippen LogP contribution is -2.27. The number of halogens is 4. The first-order chi connectivity index (χ1) is 4.00. The second-order valence-electron chi connectivity index (χ2n) is 3.18. The molecule has 0 aliphatic carbocycles. The molecule has 0 aliphatic rings. The summed E-state index contributed by atoms with van der Waals surface area (Å²) in [4.78, 5) is 0. The number of nitrogens with zero attached hydrogens (tertiary/aromatic N) is 1. The van der Waals surface area contributed by atoms with Gasteiger partial charge in [0.25, 0.3) is 0 Å². The smallest absolute Gasteiger partial charge is 0.246 e. The van der Waals surface area contributed by atoms with Crippen molar-refractivity contribution in [2.75, 3.05) is 28.2 Å². The zero-order valence-electron chi connectivity index (χ0n) is 6.54. The fourth-order valence-corrected chi connectivity index (χ4v) is 0. The molecule has 0 aliphatic heterocycles. The summed E-state index contributed by atoms with van der Waals surface area (Å²) in [6.45, 7) is 0. The predicted molar refractivity (Wildman–Crippen MR) is 65.4 cm³/mol. The van der Waals surface area contributed by atoms with Crippen molar-refractivity contribution in [2.24, 2.45) is 0 Å². The van der Waals surface area contributed by atoms with Crippen LogP contribution in [0.2, 0.25) is 0 Å². The number of hydrogen-bond donors (Lipinski definition) is 0. The van der Waals surface area contributed by atoms with Crippen LogP contribution < -0.4 is 0 Å². The van der Waals surface area contributed by atoms with Crippen LogP contribution in [0, 0.1) is 0 Å². The SMILES string of the molecule is Br[B-](Br)(Br)Br.C[N+](C)(C)C. The molecule has 0 amide bonds. The second-order valence-corrected chi connectivity index (χ2v) is 16.0. The van der Waals surface area contributed by atoms with E-state index < -0.39 is 1.44 Å². The first kappa shape index (κ1) is 14.5. The van der Waals surface area contributed by atoms with Gasteiger partial charge in [-0.25, -0.2) is 0 Å². The van der Waals surface area contributed by atoms with E-state index in [4.69, 9.17) is 0 Å². The molecule has 0 aromatic rings. The molecule has 64 valence electrons.